The largest absolute Gasteiger partial charge is 0.320 e. The molecule has 0 spiro atoms. The fourth-order valence-corrected chi connectivity index (χ4v) is 1.89. The van der Waals surface area contributed by atoms with Crippen LogP contribution in [0.2, 0.25) is 0 Å². The summed E-state index contributed by atoms with van der Waals surface area (Å²) in [4.78, 5) is 36.2. The van der Waals surface area contributed by atoms with Crippen molar-refractivity contribution in [2.75, 3.05) is 6.54 Å². The number of ketones is 1. The summed E-state index contributed by atoms with van der Waals surface area (Å²) in [5, 5.41) is 0. The number of amides is 2. The molecule has 1 unspecified atom stereocenters. The van der Waals surface area contributed by atoms with E-state index in [4.69, 9.17) is 5.73 Å². The minimum atomic E-state index is -0.675. The molecule has 0 bridgehead atoms. The smallest absolute Gasteiger partial charge is 0.246 e. The number of carbonyl (C=O) groups excluding carboxylic acids is 3. The van der Waals surface area contributed by atoms with Gasteiger partial charge in [0, 0.05) is 12.0 Å². The quantitative estimate of drug-likeness (QED) is 0.616. The van der Waals surface area contributed by atoms with E-state index in [1.807, 2.05) is 0 Å². The van der Waals surface area contributed by atoms with E-state index in [1.54, 1.807) is 30.3 Å². The van der Waals surface area contributed by atoms with Crippen LogP contribution in [0.5, 0.6) is 0 Å². The van der Waals surface area contributed by atoms with Gasteiger partial charge in [0.15, 0.2) is 5.78 Å². The molecule has 0 saturated carbocycles. The lowest BCUT2D eigenvalue weighted by Crippen LogP contribution is -2.52. The number of carbonyl (C=O) groups is 3. The second kappa shape index (κ2) is 5.10. The van der Waals surface area contributed by atoms with Crippen molar-refractivity contribution in [2.45, 2.75) is 18.9 Å². The van der Waals surface area contributed by atoms with Crippen LogP contribution in [0, 0.1) is 0 Å². The number of benzene rings is 1. The summed E-state index contributed by atoms with van der Waals surface area (Å²) in [6.07, 6.45) is 0.572. The van der Waals surface area contributed by atoms with E-state index in [9.17, 15) is 14.4 Å². The number of hydrogen-bond acceptors (Lipinski definition) is 4. The van der Waals surface area contributed by atoms with E-state index in [0.29, 0.717) is 12.0 Å². The first-order valence-corrected chi connectivity index (χ1v) is 5.77. The van der Waals surface area contributed by atoms with Crippen LogP contribution < -0.4 is 5.73 Å². The van der Waals surface area contributed by atoms with Crippen molar-refractivity contribution in [1.29, 1.82) is 0 Å². The molecule has 1 fully saturated rings. The van der Waals surface area contributed by atoms with E-state index in [1.165, 1.54) is 0 Å². The van der Waals surface area contributed by atoms with Gasteiger partial charge in [0.25, 0.3) is 0 Å². The summed E-state index contributed by atoms with van der Waals surface area (Å²) in [6.45, 7) is -0.227. The molecule has 5 nitrogen and oxygen atoms in total. The monoisotopic (exact) mass is 246 g/mol. The Morgan fingerprint density at radius 2 is 1.94 bits per heavy atom. The fraction of sp³-hybridized carbons (Fsp3) is 0.308. The SMILES string of the molecule is NC1CCC(=O)N(CC(=O)c2ccccc2)C1=O. The number of hydrogen-bond donors (Lipinski definition) is 1. The lowest BCUT2D eigenvalue weighted by Gasteiger charge is -2.28. The predicted molar refractivity (Wildman–Crippen MR) is 64.7 cm³/mol. The average molecular weight is 246 g/mol. The Morgan fingerprint density at radius 3 is 2.61 bits per heavy atom. The van der Waals surface area contributed by atoms with Crippen LogP contribution in [0.25, 0.3) is 0 Å². The molecular formula is C13H14N2O3. The van der Waals surface area contributed by atoms with E-state index in [-0.39, 0.29) is 24.7 Å². The first-order chi connectivity index (χ1) is 8.59. The van der Waals surface area contributed by atoms with E-state index >= 15 is 0 Å². The molecule has 18 heavy (non-hydrogen) atoms. The summed E-state index contributed by atoms with van der Waals surface area (Å²) in [5.41, 5.74) is 6.07. The number of nitrogens with two attached hydrogens (primary N) is 1. The number of nitrogens with zero attached hydrogens (tertiary/aromatic N) is 1. The Bertz CT molecular complexity index is 484. The molecule has 1 atom stereocenters. The molecule has 2 amide bonds. The number of rotatable bonds is 3. The van der Waals surface area contributed by atoms with Crippen molar-refractivity contribution >= 4 is 17.6 Å². The highest BCUT2D eigenvalue weighted by molar-refractivity contribution is 6.06. The van der Waals surface area contributed by atoms with Crippen molar-refractivity contribution < 1.29 is 14.4 Å². The summed E-state index contributed by atoms with van der Waals surface area (Å²) in [7, 11) is 0. The molecule has 0 aromatic heterocycles. The summed E-state index contributed by atoms with van der Waals surface area (Å²) >= 11 is 0. The molecular weight excluding hydrogens is 232 g/mol. The Hall–Kier alpha value is -2.01. The molecule has 0 radical (unpaired) electrons. The van der Waals surface area contributed by atoms with E-state index in [0.717, 1.165) is 4.90 Å². The maximum absolute atomic E-state index is 11.9. The van der Waals surface area contributed by atoms with Crippen molar-refractivity contribution in [3.8, 4) is 0 Å². The Balaban J connectivity index is 2.11. The minimum absolute atomic E-state index is 0.217. The zero-order valence-corrected chi connectivity index (χ0v) is 9.83. The third-order valence-electron chi connectivity index (χ3n) is 2.95. The Morgan fingerprint density at radius 1 is 1.28 bits per heavy atom. The van der Waals surface area contributed by atoms with Gasteiger partial charge in [-0.05, 0) is 6.42 Å². The first-order valence-electron chi connectivity index (χ1n) is 5.77. The van der Waals surface area contributed by atoms with E-state index < -0.39 is 11.9 Å². The number of piperidine rings is 1. The van der Waals surface area contributed by atoms with Crippen molar-refractivity contribution in [3.63, 3.8) is 0 Å². The second-order valence-electron chi connectivity index (χ2n) is 4.25. The zero-order valence-electron chi connectivity index (χ0n) is 9.83. The van der Waals surface area contributed by atoms with Crippen molar-refractivity contribution in [2.24, 2.45) is 5.73 Å². The lowest BCUT2D eigenvalue weighted by molar-refractivity contribution is -0.148. The second-order valence-corrected chi connectivity index (χ2v) is 4.25. The summed E-state index contributed by atoms with van der Waals surface area (Å²) < 4.78 is 0. The van der Waals surface area contributed by atoms with Crippen LogP contribution in [0.4, 0.5) is 0 Å². The third kappa shape index (κ3) is 2.46. The van der Waals surface area contributed by atoms with Crippen LogP contribution >= 0.6 is 0 Å². The zero-order chi connectivity index (χ0) is 13.1. The van der Waals surface area contributed by atoms with Crippen LogP contribution in [0.3, 0.4) is 0 Å². The first kappa shape index (κ1) is 12.4. The molecule has 1 saturated heterocycles. The van der Waals surface area contributed by atoms with Gasteiger partial charge in [-0.15, -0.1) is 0 Å². The highest BCUT2D eigenvalue weighted by Gasteiger charge is 2.33. The van der Waals surface area contributed by atoms with Crippen molar-refractivity contribution in [1.82, 2.24) is 4.90 Å². The highest BCUT2D eigenvalue weighted by atomic mass is 16.2. The molecule has 2 N–H and O–H groups in total. The van der Waals surface area contributed by atoms with Gasteiger partial charge >= 0.3 is 0 Å². The molecule has 1 aliphatic heterocycles. The van der Waals surface area contributed by atoms with Crippen LogP contribution in [-0.2, 0) is 9.59 Å². The fourth-order valence-electron chi connectivity index (χ4n) is 1.89. The van der Waals surface area contributed by atoms with Gasteiger partial charge in [0.1, 0.15) is 0 Å². The van der Waals surface area contributed by atoms with Gasteiger partial charge < -0.3 is 5.73 Å². The topological polar surface area (TPSA) is 80.5 Å². The maximum Gasteiger partial charge on any atom is 0.246 e. The minimum Gasteiger partial charge on any atom is -0.320 e. The van der Waals surface area contributed by atoms with Gasteiger partial charge in [-0.1, -0.05) is 30.3 Å². The van der Waals surface area contributed by atoms with Crippen LogP contribution in [-0.4, -0.2) is 35.1 Å². The number of imide groups is 1. The lowest BCUT2D eigenvalue weighted by atomic mass is 10.0. The Labute approximate surface area is 105 Å². The molecule has 1 aromatic rings. The van der Waals surface area contributed by atoms with E-state index in [2.05, 4.69) is 0 Å². The molecule has 1 aliphatic rings. The molecule has 1 heterocycles. The van der Waals surface area contributed by atoms with Gasteiger partial charge in [-0.3, -0.25) is 19.3 Å². The summed E-state index contributed by atoms with van der Waals surface area (Å²) in [6, 6.07) is 7.90. The predicted octanol–water partition coefficient (Wildman–Crippen LogP) is 0.346. The van der Waals surface area contributed by atoms with Crippen molar-refractivity contribution in [3.05, 3.63) is 35.9 Å². The molecule has 94 valence electrons. The normalized spacial score (nSPS) is 20.1. The number of likely N-dealkylation sites (tertiary alicyclic amines) is 1. The average Bonchev–Trinajstić information content (AvgIpc) is 2.40. The van der Waals surface area contributed by atoms with Gasteiger partial charge in [-0.2, -0.15) is 0 Å². The van der Waals surface area contributed by atoms with Crippen LogP contribution in [0.1, 0.15) is 23.2 Å². The van der Waals surface area contributed by atoms with Gasteiger partial charge in [0.05, 0.1) is 12.6 Å². The summed E-state index contributed by atoms with van der Waals surface area (Å²) in [5.74, 6) is -1.05. The third-order valence-corrected chi connectivity index (χ3v) is 2.95. The molecule has 2 rings (SSSR count). The molecule has 0 aliphatic carbocycles. The van der Waals surface area contributed by atoms with Gasteiger partial charge in [0.2, 0.25) is 11.8 Å². The highest BCUT2D eigenvalue weighted by Crippen LogP contribution is 2.12. The van der Waals surface area contributed by atoms with Gasteiger partial charge in [-0.25, -0.2) is 0 Å². The Kier molecular flexibility index (Phi) is 3.53. The molecule has 1 aromatic carbocycles. The van der Waals surface area contributed by atoms with Crippen LogP contribution in [0.15, 0.2) is 30.3 Å². The number of Topliss-reactive ketones (excluding diaryl/α,β-unsaturated/α-hetero) is 1. The maximum atomic E-state index is 11.9. The molecule has 5 heteroatoms. The standard InChI is InChI=1S/C13H14N2O3/c14-10-6-7-12(17)15(13(10)18)8-11(16)9-4-2-1-3-5-9/h1-5,10H,6-8,14H2.